The first-order valence-corrected chi connectivity index (χ1v) is 11.1. The summed E-state index contributed by atoms with van der Waals surface area (Å²) >= 11 is 3.20. The van der Waals surface area contributed by atoms with Crippen molar-refractivity contribution in [2.45, 2.75) is 36.8 Å². The molecule has 1 heterocycles. The molecule has 0 fully saturated rings. The molecule has 0 atom stereocenters. The second-order valence-corrected chi connectivity index (χ2v) is 8.92. The molecule has 2 N–H and O–H groups in total. The molecule has 4 nitrogen and oxygen atoms in total. The van der Waals surface area contributed by atoms with Gasteiger partial charge in [0.1, 0.15) is 4.21 Å². The lowest BCUT2D eigenvalue weighted by atomic mass is 10.2. The van der Waals surface area contributed by atoms with Crippen LogP contribution in [0.4, 0.5) is 0 Å². The van der Waals surface area contributed by atoms with E-state index in [1.165, 1.54) is 11.3 Å². The lowest BCUT2D eigenvalue weighted by Crippen LogP contribution is -2.24. The highest BCUT2D eigenvalue weighted by molar-refractivity contribution is 7.98. The zero-order chi connectivity index (χ0) is 15.6. The van der Waals surface area contributed by atoms with Crippen LogP contribution in [0, 0.1) is 0 Å². The minimum atomic E-state index is -3.32. The predicted molar refractivity (Wildman–Crippen MR) is 94.0 cm³/mol. The van der Waals surface area contributed by atoms with Crippen molar-refractivity contribution in [3.05, 3.63) is 17.0 Å². The topological polar surface area (TPSA) is 58.2 Å². The summed E-state index contributed by atoms with van der Waals surface area (Å²) in [7, 11) is -3.32. The molecule has 0 bridgehead atoms. The summed E-state index contributed by atoms with van der Waals surface area (Å²) in [5, 5.41) is 3.24. The van der Waals surface area contributed by atoms with Crippen molar-refractivity contribution in [3.8, 4) is 0 Å². The van der Waals surface area contributed by atoms with Gasteiger partial charge in [-0.05, 0) is 56.5 Å². The van der Waals surface area contributed by atoms with Gasteiger partial charge in [-0.3, -0.25) is 0 Å². The smallest absolute Gasteiger partial charge is 0.250 e. The van der Waals surface area contributed by atoms with Crippen LogP contribution in [0.15, 0.2) is 16.3 Å². The summed E-state index contributed by atoms with van der Waals surface area (Å²) in [5.74, 6) is 1.15. The molecule has 0 saturated carbocycles. The van der Waals surface area contributed by atoms with E-state index in [4.69, 9.17) is 0 Å². The highest BCUT2D eigenvalue weighted by Gasteiger charge is 2.15. The van der Waals surface area contributed by atoms with Crippen LogP contribution >= 0.6 is 23.1 Å². The van der Waals surface area contributed by atoms with Crippen LogP contribution in [-0.2, 0) is 16.4 Å². The molecule has 0 amide bonds. The second kappa shape index (κ2) is 10.6. The summed E-state index contributed by atoms with van der Waals surface area (Å²) < 4.78 is 27.4. The highest BCUT2D eigenvalue weighted by Crippen LogP contribution is 2.21. The van der Waals surface area contributed by atoms with Crippen molar-refractivity contribution in [1.82, 2.24) is 10.0 Å². The Kier molecular flexibility index (Phi) is 9.59. The summed E-state index contributed by atoms with van der Waals surface area (Å²) in [6, 6.07) is 3.62. The zero-order valence-corrected chi connectivity index (χ0v) is 15.3. The van der Waals surface area contributed by atoms with Gasteiger partial charge in [0.25, 0.3) is 0 Å². The Morgan fingerprint density at radius 3 is 2.71 bits per heavy atom. The van der Waals surface area contributed by atoms with Gasteiger partial charge in [0, 0.05) is 11.4 Å². The number of likely N-dealkylation sites (N-methyl/N-ethyl adjacent to an activating group) is 1. The summed E-state index contributed by atoms with van der Waals surface area (Å²) in [5.41, 5.74) is 0. The SMILES string of the molecule is CCNCCc1ccc(S(=O)(=O)NCCCCCSC)s1. The van der Waals surface area contributed by atoms with Crippen molar-refractivity contribution in [3.63, 3.8) is 0 Å². The van der Waals surface area contributed by atoms with Gasteiger partial charge in [-0.25, -0.2) is 13.1 Å². The van der Waals surface area contributed by atoms with Crippen molar-refractivity contribution in [1.29, 1.82) is 0 Å². The number of thioether (sulfide) groups is 1. The van der Waals surface area contributed by atoms with Crippen LogP contribution in [-0.4, -0.2) is 40.1 Å². The standard InChI is InChI=1S/C14H26N2O2S3/c1-3-15-11-9-13-7-8-14(20-13)21(17,18)16-10-5-4-6-12-19-2/h7-8,15-16H,3-6,9-12H2,1-2H3. The third kappa shape index (κ3) is 7.65. The molecule has 1 aromatic rings. The molecule has 0 spiro atoms. The number of nitrogens with one attached hydrogen (secondary N) is 2. The summed E-state index contributed by atoms with van der Waals surface area (Å²) in [6.45, 7) is 4.42. The van der Waals surface area contributed by atoms with E-state index < -0.39 is 10.0 Å². The van der Waals surface area contributed by atoms with Gasteiger partial charge in [0.2, 0.25) is 10.0 Å². The van der Waals surface area contributed by atoms with Gasteiger partial charge < -0.3 is 5.32 Å². The van der Waals surface area contributed by atoms with E-state index in [9.17, 15) is 8.42 Å². The maximum Gasteiger partial charge on any atom is 0.250 e. The van der Waals surface area contributed by atoms with Crippen molar-refractivity contribution in [2.24, 2.45) is 0 Å². The minimum absolute atomic E-state index is 0.429. The van der Waals surface area contributed by atoms with Gasteiger partial charge in [-0.2, -0.15) is 11.8 Å². The molecule has 0 aromatic carbocycles. The Morgan fingerprint density at radius 1 is 1.19 bits per heavy atom. The number of sulfonamides is 1. The Morgan fingerprint density at radius 2 is 2.00 bits per heavy atom. The number of unbranched alkanes of at least 4 members (excludes halogenated alkanes) is 2. The Labute approximate surface area is 137 Å². The normalized spacial score (nSPS) is 11.9. The first kappa shape index (κ1) is 19.0. The van der Waals surface area contributed by atoms with E-state index in [1.54, 1.807) is 6.07 Å². The van der Waals surface area contributed by atoms with E-state index in [2.05, 4.69) is 23.2 Å². The first-order valence-electron chi connectivity index (χ1n) is 7.38. The predicted octanol–water partition coefficient (Wildman–Crippen LogP) is 2.71. The van der Waals surface area contributed by atoms with Gasteiger partial charge in [0.05, 0.1) is 0 Å². The van der Waals surface area contributed by atoms with Crippen LogP contribution in [0.2, 0.25) is 0 Å². The minimum Gasteiger partial charge on any atom is -0.317 e. The van der Waals surface area contributed by atoms with Crippen molar-refractivity contribution in [2.75, 3.05) is 31.6 Å². The van der Waals surface area contributed by atoms with E-state index >= 15 is 0 Å². The molecule has 0 saturated heterocycles. The van der Waals surface area contributed by atoms with Gasteiger partial charge in [0.15, 0.2) is 0 Å². The number of rotatable bonds is 12. The molecule has 1 aromatic heterocycles. The average molecular weight is 351 g/mol. The van der Waals surface area contributed by atoms with Crippen LogP contribution in [0.1, 0.15) is 31.1 Å². The lowest BCUT2D eigenvalue weighted by Gasteiger charge is -2.04. The molecule has 122 valence electrons. The zero-order valence-electron chi connectivity index (χ0n) is 12.9. The van der Waals surface area contributed by atoms with Gasteiger partial charge in [-0.1, -0.05) is 13.3 Å². The first-order chi connectivity index (χ1) is 10.1. The lowest BCUT2D eigenvalue weighted by molar-refractivity contribution is 0.578. The maximum absolute atomic E-state index is 12.1. The molecule has 0 aliphatic carbocycles. The fourth-order valence-electron chi connectivity index (χ4n) is 1.85. The number of thiophene rings is 1. The third-order valence-electron chi connectivity index (χ3n) is 3.02. The van der Waals surface area contributed by atoms with E-state index in [1.807, 2.05) is 17.8 Å². The summed E-state index contributed by atoms with van der Waals surface area (Å²) in [6.07, 6.45) is 6.09. The largest absolute Gasteiger partial charge is 0.317 e. The van der Waals surface area contributed by atoms with Crippen molar-refractivity contribution >= 4 is 33.1 Å². The molecule has 0 aliphatic rings. The van der Waals surface area contributed by atoms with Crippen LogP contribution in [0.25, 0.3) is 0 Å². The molecule has 0 aliphatic heterocycles. The van der Waals surface area contributed by atoms with Crippen LogP contribution < -0.4 is 10.0 Å². The average Bonchev–Trinajstić information content (AvgIpc) is 2.93. The Hall–Kier alpha value is -0.0800. The van der Waals surface area contributed by atoms with Gasteiger partial charge >= 0.3 is 0 Å². The van der Waals surface area contributed by atoms with Crippen molar-refractivity contribution < 1.29 is 8.42 Å². The van der Waals surface area contributed by atoms with E-state index in [0.717, 1.165) is 49.4 Å². The molecule has 7 heteroatoms. The highest BCUT2D eigenvalue weighted by atomic mass is 32.2. The van der Waals surface area contributed by atoms with Crippen LogP contribution in [0.3, 0.4) is 0 Å². The maximum atomic E-state index is 12.1. The summed E-state index contributed by atoms with van der Waals surface area (Å²) in [4.78, 5) is 1.11. The molecule has 0 radical (unpaired) electrons. The molecular formula is C14H26N2O2S3. The Balaban J connectivity index is 2.36. The van der Waals surface area contributed by atoms with E-state index in [-0.39, 0.29) is 0 Å². The molecule has 0 unspecified atom stereocenters. The van der Waals surface area contributed by atoms with Gasteiger partial charge in [-0.15, -0.1) is 11.3 Å². The third-order valence-corrected chi connectivity index (χ3v) is 6.81. The number of hydrogen-bond donors (Lipinski definition) is 2. The molecular weight excluding hydrogens is 324 g/mol. The fraction of sp³-hybridized carbons (Fsp3) is 0.714. The fourth-order valence-corrected chi connectivity index (χ4v) is 4.82. The number of hydrogen-bond acceptors (Lipinski definition) is 5. The van der Waals surface area contributed by atoms with E-state index in [0.29, 0.717) is 10.8 Å². The molecule has 1 rings (SSSR count). The second-order valence-electron chi connectivity index (χ2n) is 4.78. The van der Waals surface area contributed by atoms with Crippen LogP contribution in [0.5, 0.6) is 0 Å². The Bertz CT molecular complexity index is 486. The molecule has 21 heavy (non-hydrogen) atoms. The monoisotopic (exact) mass is 350 g/mol. The quantitative estimate of drug-likeness (QED) is 0.569.